The fourth-order valence-corrected chi connectivity index (χ4v) is 5.63. The van der Waals surface area contributed by atoms with Crippen LogP contribution >= 0.6 is 15.9 Å². The average molecular weight is 592 g/mol. The molecule has 6 heteroatoms. The van der Waals surface area contributed by atoms with Crippen LogP contribution in [0, 0.1) is 0 Å². The summed E-state index contributed by atoms with van der Waals surface area (Å²) in [5.74, 6) is 0.362. The van der Waals surface area contributed by atoms with E-state index in [4.69, 9.17) is 4.74 Å². The molecule has 206 valence electrons. The van der Waals surface area contributed by atoms with Crippen LogP contribution in [0.5, 0.6) is 5.75 Å². The van der Waals surface area contributed by atoms with Gasteiger partial charge >= 0.3 is 0 Å². The maximum absolute atomic E-state index is 13.9. The van der Waals surface area contributed by atoms with E-state index in [0.717, 1.165) is 46.8 Å². The van der Waals surface area contributed by atoms with Crippen molar-refractivity contribution in [1.29, 1.82) is 0 Å². The van der Waals surface area contributed by atoms with E-state index in [9.17, 15) is 9.59 Å². The molecule has 3 aromatic carbocycles. The molecule has 2 amide bonds. The van der Waals surface area contributed by atoms with E-state index in [1.807, 2.05) is 78.9 Å². The van der Waals surface area contributed by atoms with Gasteiger partial charge in [-0.3, -0.25) is 9.59 Å². The fraction of sp³-hybridized carbons (Fsp3) is 0.394. The Morgan fingerprint density at radius 3 is 2.31 bits per heavy atom. The summed E-state index contributed by atoms with van der Waals surface area (Å²) >= 11 is 3.55. The number of halogens is 1. The summed E-state index contributed by atoms with van der Waals surface area (Å²) in [7, 11) is 0. The van der Waals surface area contributed by atoms with E-state index < -0.39 is 6.04 Å². The van der Waals surface area contributed by atoms with Gasteiger partial charge in [-0.1, -0.05) is 110 Å². The van der Waals surface area contributed by atoms with Crippen LogP contribution in [0.15, 0.2) is 83.3 Å². The first-order valence-electron chi connectivity index (χ1n) is 13.8. The third kappa shape index (κ3) is 8.18. The monoisotopic (exact) mass is 590 g/mol. The van der Waals surface area contributed by atoms with Crippen molar-refractivity contribution in [2.75, 3.05) is 6.61 Å². The lowest BCUT2D eigenvalue weighted by Crippen LogP contribution is -2.53. The number of benzene rings is 3. The molecule has 1 atom stereocenters. The van der Waals surface area contributed by atoms with E-state index in [1.165, 1.54) is 0 Å². The number of ether oxygens (including phenoxy) is 1. The number of nitrogens with zero attached hydrogens (tertiary/aromatic N) is 1. The first-order chi connectivity index (χ1) is 18.7. The van der Waals surface area contributed by atoms with E-state index in [1.54, 1.807) is 4.90 Å². The van der Waals surface area contributed by atoms with Crippen LogP contribution in [0.25, 0.3) is 0 Å². The standard InChI is InChI=1S/C33H39BrN2O3/c1-33(2,3)28-18-9-10-19-30(28)39-23-31(37)36(22-25-14-11-15-26(34)20-25)29(21-24-12-5-4-6-13-24)32(38)35-27-16-7-8-17-27/h4-6,9-15,18-20,27,29H,7-8,16-17,21-23H2,1-3H3,(H,35,38)/t29-/m1/s1. The number of nitrogens with one attached hydrogen (secondary N) is 1. The Hall–Kier alpha value is -3.12. The van der Waals surface area contributed by atoms with Gasteiger partial charge in [0.15, 0.2) is 6.61 Å². The highest BCUT2D eigenvalue weighted by Crippen LogP contribution is 2.31. The Morgan fingerprint density at radius 1 is 0.949 bits per heavy atom. The molecule has 1 N–H and O–H groups in total. The Balaban J connectivity index is 1.64. The first kappa shape index (κ1) is 28.9. The molecule has 1 aliphatic rings. The molecule has 1 aliphatic carbocycles. The maximum Gasteiger partial charge on any atom is 0.261 e. The van der Waals surface area contributed by atoms with Gasteiger partial charge in [0.1, 0.15) is 11.8 Å². The second kappa shape index (κ2) is 13.3. The summed E-state index contributed by atoms with van der Waals surface area (Å²) in [6, 6.07) is 25.1. The topological polar surface area (TPSA) is 58.6 Å². The highest BCUT2D eigenvalue weighted by Gasteiger charge is 2.32. The molecule has 0 spiro atoms. The van der Waals surface area contributed by atoms with Crippen molar-refractivity contribution in [3.63, 3.8) is 0 Å². The number of hydrogen-bond donors (Lipinski definition) is 1. The molecule has 39 heavy (non-hydrogen) atoms. The molecule has 0 heterocycles. The molecular formula is C33H39BrN2O3. The Morgan fingerprint density at radius 2 is 1.62 bits per heavy atom. The largest absolute Gasteiger partial charge is 0.483 e. The van der Waals surface area contributed by atoms with E-state index in [0.29, 0.717) is 18.7 Å². The zero-order valence-electron chi connectivity index (χ0n) is 23.2. The Bertz CT molecular complexity index is 1250. The smallest absolute Gasteiger partial charge is 0.261 e. The predicted octanol–water partition coefficient (Wildman–Crippen LogP) is 6.82. The lowest BCUT2D eigenvalue weighted by atomic mass is 9.86. The summed E-state index contributed by atoms with van der Waals surface area (Å²) in [5.41, 5.74) is 2.86. The lowest BCUT2D eigenvalue weighted by Gasteiger charge is -2.32. The summed E-state index contributed by atoms with van der Waals surface area (Å²) < 4.78 is 7.08. The van der Waals surface area contributed by atoms with Gasteiger partial charge in [0, 0.05) is 23.5 Å². The van der Waals surface area contributed by atoms with E-state index in [2.05, 4.69) is 42.0 Å². The van der Waals surface area contributed by atoms with Gasteiger partial charge in [0.05, 0.1) is 0 Å². The molecule has 0 bridgehead atoms. The van der Waals surface area contributed by atoms with Crippen molar-refractivity contribution < 1.29 is 14.3 Å². The van der Waals surface area contributed by atoms with Gasteiger partial charge < -0.3 is 15.0 Å². The maximum atomic E-state index is 13.9. The molecule has 0 unspecified atom stereocenters. The van der Waals surface area contributed by atoms with Crippen molar-refractivity contribution in [2.24, 2.45) is 0 Å². The van der Waals surface area contributed by atoms with Crippen molar-refractivity contribution in [1.82, 2.24) is 10.2 Å². The normalized spacial score (nSPS) is 14.6. The first-order valence-corrected chi connectivity index (χ1v) is 14.6. The minimum absolute atomic E-state index is 0.107. The average Bonchev–Trinajstić information content (AvgIpc) is 3.42. The van der Waals surface area contributed by atoms with Gasteiger partial charge in [0.2, 0.25) is 5.91 Å². The van der Waals surface area contributed by atoms with Gasteiger partial charge in [-0.25, -0.2) is 0 Å². The van der Waals surface area contributed by atoms with Gasteiger partial charge in [0.25, 0.3) is 5.91 Å². The van der Waals surface area contributed by atoms with Crippen LogP contribution < -0.4 is 10.1 Å². The van der Waals surface area contributed by atoms with Crippen molar-refractivity contribution in [3.05, 3.63) is 100 Å². The van der Waals surface area contributed by atoms with Crippen molar-refractivity contribution in [2.45, 2.75) is 76.9 Å². The molecule has 4 rings (SSSR count). The Kier molecular flexibility index (Phi) is 9.84. The van der Waals surface area contributed by atoms with Crippen LogP contribution in [0.3, 0.4) is 0 Å². The van der Waals surface area contributed by atoms with E-state index in [-0.39, 0.29) is 29.9 Å². The zero-order chi connectivity index (χ0) is 27.8. The van der Waals surface area contributed by atoms with Crippen LogP contribution in [0.2, 0.25) is 0 Å². The fourth-order valence-electron chi connectivity index (χ4n) is 5.19. The number of carbonyl (C=O) groups excluding carboxylic acids is 2. The molecule has 0 aliphatic heterocycles. The lowest BCUT2D eigenvalue weighted by molar-refractivity contribution is -0.143. The number of rotatable bonds is 10. The molecule has 1 saturated carbocycles. The molecule has 3 aromatic rings. The predicted molar refractivity (Wildman–Crippen MR) is 160 cm³/mol. The number of para-hydroxylation sites is 1. The summed E-state index contributed by atoms with van der Waals surface area (Å²) in [6.07, 6.45) is 4.63. The van der Waals surface area contributed by atoms with Gasteiger partial charge in [-0.2, -0.15) is 0 Å². The molecular weight excluding hydrogens is 552 g/mol. The number of hydrogen-bond acceptors (Lipinski definition) is 3. The van der Waals surface area contributed by atoms with Crippen LogP contribution in [-0.4, -0.2) is 35.4 Å². The van der Waals surface area contributed by atoms with E-state index >= 15 is 0 Å². The van der Waals surface area contributed by atoms with Crippen LogP contribution in [0.4, 0.5) is 0 Å². The summed E-state index contributed by atoms with van der Waals surface area (Å²) in [6.45, 7) is 6.53. The summed E-state index contributed by atoms with van der Waals surface area (Å²) in [5, 5.41) is 3.25. The second-order valence-corrected chi connectivity index (χ2v) is 12.3. The highest BCUT2D eigenvalue weighted by atomic mass is 79.9. The molecule has 5 nitrogen and oxygen atoms in total. The molecule has 0 saturated heterocycles. The number of carbonyl (C=O) groups is 2. The third-order valence-corrected chi connectivity index (χ3v) is 7.75. The van der Waals surface area contributed by atoms with Crippen molar-refractivity contribution >= 4 is 27.7 Å². The van der Waals surface area contributed by atoms with Crippen LogP contribution in [0.1, 0.15) is 63.1 Å². The molecule has 0 aromatic heterocycles. The highest BCUT2D eigenvalue weighted by molar-refractivity contribution is 9.10. The van der Waals surface area contributed by atoms with Crippen molar-refractivity contribution in [3.8, 4) is 5.75 Å². The Labute approximate surface area is 241 Å². The third-order valence-electron chi connectivity index (χ3n) is 7.26. The SMILES string of the molecule is CC(C)(C)c1ccccc1OCC(=O)N(Cc1cccc(Br)c1)[C@H](Cc1ccccc1)C(=O)NC1CCCC1. The number of amides is 2. The minimum Gasteiger partial charge on any atom is -0.483 e. The minimum atomic E-state index is -0.666. The molecule has 1 fully saturated rings. The van der Waals surface area contributed by atoms with Gasteiger partial charge in [-0.05, 0) is 53.1 Å². The quantitative estimate of drug-likeness (QED) is 0.282. The zero-order valence-corrected chi connectivity index (χ0v) is 24.7. The van der Waals surface area contributed by atoms with Crippen LogP contribution in [-0.2, 0) is 28.0 Å². The second-order valence-electron chi connectivity index (χ2n) is 11.4. The summed E-state index contributed by atoms with van der Waals surface area (Å²) in [4.78, 5) is 29.5. The van der Waals surface area contributed by atoms with Gasteiger partial charge in [-0.15, -0.1) is 0 Å². The molecule has 0 radical (unpaired) electrons.